The molecule has 0 saturated carbocycles. The van der Waals surface area contributed by atoms with Crippen molar-refractivity contribution in [3.63, 3.8) is 0 Å². The van der Waals surface area contributed by atoms with Gasteiger partial charge in [0, 0.05) is 15.5 Å². The van der Waals surface area contributed by atoms with Gasteiger partial charge in [-0.05, 0) is 46.7 Å². The predicted octanol–water partition coefficient (Wildman–Crippen LogP) is 2.71. The first kappa shape index (κ1) is 12.6. The van der Waals surface area contributed by atoms with Gasteiger partial charge < -0.3 is 10.4 Å². The average molecular weight is 340 g/mol. The molecule has 1 amide bonds. The molecule has 0 radical (unpaired) electrons. The SMILES string of the molecule is O=C(O)N[C@H](CCl)Cc1ccc(I)cc1. The Morgan fingerprint density at radius 1 is 1.47 bits per heavy atom. The fourth-order valence-corrected chi connectivity index (χ4v) is 1.77. The van der Waals surface area contributed by atoms with Crippen molar-refractivity contribution >= 4 is 40.3 Å². The quantitative estimate of drug-likeness (QED) is 0.654. The third kappa shape index (κ3) is 4.70. The Morgan fingerprint density at radius 2 is 2.07 bits per heavy atom. The van der Waals surface area contributed by atoms with Crippen molar-refractivity contribution in [1.29, 1.82) is 0 Å². The summed E-state index contributed by atoms with van der Waals surface area (Å²) in [6, 6.07) is 7.70. The minimum Gasteiger partial charge on any atom is -0.465 e. The molecule has 1 rings (SSSR count). The number of alkyl halides is 1. The number of rotatable bonds is 4. The molecule has 0 bridgehead atoms. The molecule has 0 saturated heterocycles. The smallest absolute Gasteiger partial charge is 0.404 e. The Kier molecular flexibility index (Phi) is 5.17. The van der Waals surface area contributed by atoms with Gasteiger partial charge in [-0.3, -0.25) is 0 Å². The molecule has 0 spiro atoms. The number of carbonyl (C=O) groups is 1. The van der Waals surface area contributed by atoms with Crippen molar-refractivity contribution in [2.24, 2.45) is 0 Å². The lowest BCUT2D eigenvalue weighted by Crippen LogP contribution is -2.36. The van der Waals surface area contributed by atoms with Gasteiger partial charge >= 0.3 is 6.09 Å². The maximum Gasteiger partial charge on any atom is 0.404 e. The highest BCUT2D eigenvalue weighted by Gasteiger charge is 2.10. The van der Waals surface area contributed by atoms with E-state index in [2.05, 4.69) is 27.9 Å². The molecular weight excluding hydrogens is 328 g/mol. The monoisotopic (exact) mass is 339 g/mol. The number of nitrogens with one attached hydrogen (secondary N) is 1. The van der Waals surface area contributed by atoms with Crippen LogP contribution in [0.25, 0.3) is 0 Å². The second-order valence-electron chi connectivity index (χ2n) is 3.13. The zero-order valence-electron chi connectivity index (χ0n) is 7.91. The molecule has 1 atom stereocenters. The zero-order valence-corrected chi connectivity index (χ0v) is 10.8. The summed E-state index contributed by atoms with van der Waals surface area (Å²) in [5, 5.41) is 10.9. The van der Waals surface area contributed by atoms with Crippen molar-refractivity contribution in [2.75, 3.05) is 5.88 Å². The van der Waals surface area contributed by atoms with Crippen LogP contribution in [-0.2, 0) is 6.42 Å². The van der Waals surface area contributed by atoms with Crippen LogP contribution in [0, 0.1) is 3.57 Å². The molecule has 1 aromatic carbocycles. The molecular formula is C10H11ClINO2. The Morgan fingerprint density at radius 3 is 2.53 bits per heavy atom. The van der Waals surface area contributed by atoms with Gasteiger partial charge in [0.1, 0.15) is 0 Å². The van der Waals surface area contributed by atoms with E-state index >= 15 is 0 Å². The molecule has 0 fully saturated rings. The number of hydrogen-bond acceptors (Lipinski definition) is 1. The zero-order chi connectivity index (χ0) is 11.3. The molecule has 0 aromatic heterocycles. The standard InChI is InChI=1S/C10H11ClINO2/c11-6-9(13-10(14)15)5-7-1-3-8(12)4-2-7/h1-4,9,13H,5-6H2,(H,14,15)/t9-/m0/s1. The topological polar surface area (TPSA) is 49.3 Å². The third-order valence-corrected chi connectivity index (χ3v) is 3.00. The van der Waals surface area contributed by atoms with Crippen LogP contribution in [0.1, 0.15) is 5.56 Å². The minimum absolute atomic E-state index is 0.232. The van der Waals surface area contributed by atoms with Crippen LogP contribution in [0.15, 0.2) is 24.3 Å². The lowest BCUT2D eigenvalue weighted by Gasteiger charge is -2.13. The van der Waals surface area contributed by atoms with Gasteiger partial charge in [-0.1, -0.05) is 12.1 Å². The van der Waals surface area contributed by atoms with Crippen molar-refractivity contribution < 1.29 is 9.90 Å². The number of carboxylic acid groups (broad SMARTS) is 1. The van der Waals surface area contributed by atoms with E-state index in [-0.39, 0.29) is 11.9 Å². The van der Waals surface area contributed by atoms with Crippen LogP contribution in [0.5, 0.6) is 0 Å². The molecule has 15 heavy (non-hydrogen) atoms. The second-order valence-corrected chi connectivity index (χ2v) is 4.69. The average Bonchev–Trinajstić information content (AvgIpc) is 2.19. The van der Waals surface area contributed by atoms with Gasteiger partial charge in [0.05, 0.1) is 0 Å². The summed E-state index contributed by atoms with van der Waals surface area (Å²) in [5.41, 5.74) is 1.08. The Balaban J connectivity index is 2.58. The van der Waals surface area contributed by atoms with E-state index in [9.17, 15) is 4.79 Å². The lowest BCUT2D eigenvalue weighted by molar-refractivity contribution is 0.191. The largest absolute Gasteiger partial charge is 0.465 e. The van der Waals surface area contributed by atoms with Crippen LogP contribution in [0.4, 0.5) is 4.79 Å². The van der Waals surface area contributed by atoms with Gasteiger partial charge in [-0.2, -0.15) is 0 Å². The van der Waals surface area contributed by atoms with E-state index in [0.29, 0.717) is 6.42 Å². The van der Waals surface area contributed by atoms with Crippen molar-refractivity contribution in [1.82, 2.24) is 5.32 Å². The Hall–Kier alpha value is -0.490. The predicted molar refractivity (Wildman–Crippen MR) is 68.5 cm³/mol. The summed E-state index contributed by atoms with van der Waals surface area (Å²) in [6.07, 6.45) is -0.418. The van der Waals surface area contributed by atoms with E-state index in [1.54, 1.807) is 0 Å². The highest BCUT2D eigenvalue weighted by molar-refractivity contribution is 14.1. The molecule has 1 aromatic rings. The molecule has 0 aliphatic carbocycles. The number of halogens is 2. The molecule has 0 heterocycles. The van der Waals surface area contributed by atoms with Gasteiger partial charge in [-0.25, -0.2) is 4.79 Å². The molecule has 5 heteroatoms. The third-order valence-electron chi connectivity index (χ3n) is 1.91. The number of benzene rings is 1. The van der Waals surface area contributed by atoms with Gasteiger partial charge in [-0.15, -0.1) is 11.6 Å². The van der Waals surface area contributed by atoms with Crippen LogP contribution < -0.4 is 5.32 Å². The normalized spacial score (nSPS) is 12.1. The van der Waals surface area contributed by atoms with Crippen LogP contribution in [0.2, 0.25) is 0 Å². The van der Waals surface area contributed by atoms with E-state index in [0.717, 1.165) is 9.13 Å². The molecule has 82 valence electrons. The minimum atomic E-state index is -1.04. The Labute approximate surface area is 107 Å². The fraction of sp³-hybridized carbons (Fsp3) is 0.300. The van der Waals surface area contributed by atoms with Gasteiger partial charge in [0.25, 0.3) is 0 Å². The van der Waals surface area contributed by atoms with E-state index < -0.39 is 6.09 Å². The maximum atomic E-state index is 10.4. The number of amides is 1. The first-order valence-corrected chi connectivity index (χ1v) is 6.03. The summed E-state index contributed by atoms with van der Waals surface area (Å²) >= 11 is 7.89. The second kappa shape index (κ2) is 6.17. The molecule has 0 aliphatic rings. The highest BCUT2D eigenvalue weighted by atomic mass is 127. The van der Waals surface area contributed by atoms with Crippen molar-refractivity contribution in [3.8, 4) is 0 Å². The van der Waals surface area contributed by atoms with E-state index in [1.165, 1.54) is 0 Å². The van der Waals surface area contributed by atoms with Crippen LogP contribution in [-0.4, -0.2) is 23.1 Å². The molecule has 2 N–H and O–H groups in total. The summed E-state index contributed by atoms with van der Waals surface area (Å²) < 4.78 is 1.16. The molecule has 0 unspecified atom stereocenters. The van der Waals surface area contributed by atoms with Crippen molar-refractivity contribution in [2.45, 2.75) is 12.5 Å². The van der Waals surface area contributed by atoms with Crippen molar-refractivity contribution in [3.05, 3.63) is 33.4 Å². The first-order chi connectivity index (χ1) is 7.11. The summed E-state index contributed by atoms with van der Waals surface area (Å²) in [7, 11) is 0. The maximum absolute atomic E-state index is 10.4. The first-order valence-electron chi connectivity index (χ1n) is 4.41. The summed E-state index contributed by atoms with van der Waals surface area (Å²) in [4.78, 5) is 10.4. The molecule has 0 aliphatic heterocycles. The van der Waals surface area contributed by atoms with Gasteiger partial charge in [0.15, 0.2) is 0 Å². The molecule has 3 nitrogen and oxygen atoms in total. The summed E-state index contributed by atoms with van der Waals surface area (Å²) in [5.74, 6) is 0.276. The summed E-state index contributed by atoms with van der Waals surface area (Å²) in [6.45, 7) is 0. The van der Waals surface area contributed by atoms with Gasteiger partial charge in [0.2, 0.25) is 0 Å². The van der Waals surface area contributed by atoms with E-state index in [4.69, 9.17) is 16.7 Å². The number of hydrogen-bond donors (Lipinski definition) is 2. The van der Waals surface area contributed by atoms with E-state index in [1.807, 2.05) is 24.3 Å². The van der Waals surface area contributed by atoms with Crippen LogP contribution >= 0.6 is 34.2 Å². The fourth-order valence-electron chi connectivity index (χ4n) is 1.22. The lowest BCUT2D eigenvalue weighted by atomic mass is 10.1. The highest BCUT2D eigenvalue weighted by Crippen LogP contribution is 2.09. The Bertz CT molecular complexity index is 329. The van der Waals surface area contributed by atoms with Crippen LogP contribution in [0.3, 0.4) is 0 Å².